The summed E-state index contributed by atoms with van der Waals surface area (Å²) in [7, 11) is 0. The lowest BCUT2D eigenvalue weighted by molar-refractivity contribution is -0.145. The van der Waals surface area contributed by atoms with Crippen molar-refractivity contribution in [3.05, 3.63) is 60.2 Å². The molecular formula is C19H21N3O3S. The zero-order chi connectivity index (χ0) is 18.6. The molecule has 1 aromatic carbocycles. The van der Waals surface area contributed by atoms with E-state index in [0.29, 0.717) is 29.4 Å². The van der Waals surface area contributed by atoms with E-state index in [0.717, 1.165) is 0 Å². The highest BCUT2D eigenvalue weighted by atomic mass is 32.2. The van der Waals surface area contributed by atoms with Crippen molar-refractivity contribution in [1.29, 1.82) is 0 Å². The van der Waals surface area contributed by atoms with E-state index >= 15 is 0 Å². The van der Waals surface area contributed by atoms with Gasteiger partial charge >= 0.3 is 0 Å². The summed E-state index contributed by atoms with van der Waals surface area (Å²) in [6.07, 6.45) is 8.00. The van der Waals surface area contributed by atoms with Gasteiger partial charge < -0.3 is 5.11 Å². The smallest absolute Gasteiger partial charge is 0.277 e. The predicted octanol–water partition coefficient (Wildman–Crippen LogP) is 1.99. The molecule has 2 unspecified atom stereocenters. The Morgan fingerprint density at radius 3 is 2.81 bits per heavy atom. The SMILES string of the molecule is CCN1C(=O)CS/C1=N/NC(=O)C(O)(c1ccccc1)C1C=CC=CC1. The number of rotatable bonds is 5. The Bertz CT molecular complexity index is 775. The first-order chi connectivity index (χ1) is 12.6. The Balaban J connectivity index is 1.87. The van der Waals surface area contributed by atoms with Crippen molar-refractivity contribution in [2.45, 2.75) is 18.9 Å². The van der Waals surface area contributed by atoms with Crippen LogP contribution in [0.3, 0.4) is 0 Å². The zero-order valence-electron chi connectivity index (χ0n) is 14.5. The Morgan fingerprint density at radius 1 is 1.38 bits per heavy atom. The third-order valence-corrected chi connectivity index (χ3v) is 5.46. The first-order valence-electron chi connectivity index (χ1n) is 8.50. The zero-order valence-corrected chi connectivity index (χ0v) is 15.3. The van der Waals surface area contributed by atoms with Gasteiger partial charge in [0.1, 0.15) is 0 Å². The minimum Gasteiger partial charge on any atom is -0.375 e. The molecule has 0 aromatic heterocycles. The van der Waals surface area contributed by atoms with Crippen LogP contribution < -0.4 is 5.43 Å². The maximum Gasteiger partial charge on any atom is 0.277 e. The summed E-state index contributed by atoms with van der Waals surface area (Å²) in [5, 5.41) is 15.9. The van der Waals surface area contributed by atoms with Gasteiger partial charge in [0.15, 0.2) is 10.8 Å². The summed E-state index contributed by atoms with van der Waals surface area (Å²) in [5.41, 5.74) is 1.22. The number of allylic oxidation sites excluding steroid dienone is 3. The maximum atomic E-state index is 13.0. The molecule has 26 heavy (non-hydrogen) atoms. The average molecular weight is 371 g/mol. The fraction of sp³-hybridized carbons (Fsp3) is 0.316. The fourth-order valence-corrected chi connectivity index (χ4v) is 3.98. The molecule has 2 N–H and O–H groups in total. The van der Waals surface area contributed by atoms with Crippen molar-refractivity contribution in [2.75, 3.05) is 12.3 Å². The largest absolute Gasteiger partial charge is 0.375 e. The van der Waals surface area contributed by atoms with Gasteiger partial charge in [-0.25, -0.2) is 5.43 Å². The van der Waals surface area contributed by atoms with E-state index in [9.17, 15) is 14.7 Å². The van der Waals surface area contributed by atoms with Gasteiger partial charge in [0.2, 0.25) is 5.91 Å². The number of nitrogens with zero attached hydrogens (tertiary/aromatic N) is 2. The van der Waals surface area contributed by atoms with Crippen LogP contribution in [-0.2, 0) is 15.2 Å². The van der Waals surface area contributed by atoms with Gasteiger partial charge in [-0.1, -0.05) is 66.4 Å². The van der Waals surface area contributed by atoms with Gasteiger partial charge in [-0.05, 0) is 18.9 Å². The molecule has 1 aromatic rings. The minimum atomic E-state index is -1.75. The molecule has 0 spiro atoms. The van der Waals surface area contributed by atoms with Crippen LogP contribution in [0.4, 0.5) is 0 Å². The highest BCUT2D eigenvalue weighted by molar-refractivity contribution is 8.15. The van der Waals surface area contributed by atoms with Gasteiger partial charge in [0.05, 0.1) is 5.75 Å². The highest BCUT2D eigenvalue weighted by Gasteiger charge is 2.44. The highest BCUT2D eigenvalue weighted by Crippen LogP contribution is 2.35. The quantitative estimate of drug-likeness (QED) is 0.776. The molecule has 2 amide bonds. The standard InChI is InChI=1S/C19H21N3O3S/c1-2-22-16(23)13-26-18(22)21-20-17(24)19(25,14-9-5-3-6-10-14)15-11-7-4-8-12-15/h3-11,15,25H,2,12-13H2,1H3,(H,20,24)/b21-18+. The molecule has 1 fully saturated rings. The number of benzene rings is 1. The van der Waals surface area contributed by atoms with Crippen molar-refractivity contribution in [3.63, 3.8) is 0 Å². The Kier molecular flexibility index (Phi) is 5.58. The molecule has 136 valence electrons. The number of carbonyl (C=O) groups excluding carboxylic acids is 2. The predicted molar refractivity (Wildman–Crippen MR) is 102 cm³/mol. The fourth-order valence-electron chi connectivity index (χ4n) is 3.07. The number of hydrogen-bond acceptors (Lipinski definition) is 5. The van der Waals surface area contributed by atoms with Gasteiger partial charge in [-0.2, -0.15) is 0 Å². The number of thioether (sulfide) groups is 1. The van der Waals surface area contributed by atoms with Gasteiger partial charge in [-0.3, -0.25) is 14.5 Å². The van der Waals surface area contributed by atoms with E-state index in [-0.39, 0.29) is 5.91 Å². The van der Waals surface area contributed by atoms with Crippen LogP contribution in [-0.4, -0.2) is 39.3 Å². The normalized spacial score (nSPS) is 23.3. The molecule has 0 saturated carbocycles. The minimum absolute atomic E-state index is 0.0378. The molecule has 2 atom stereocenters. The Labute approximate surface area is 156 Å². The van der Waals surface area contributed by atoms with E-state index < -0.39 is 17.4 Å². The number of aliphatic hydroxyl groups is 1. The van der Waals surface area contributed by atoms with Gasteiger partial charge in [-0.15, -0.1) is 5.10 Å². The van der Waals surface area contributed by atoms with E-state index in [2.05, 4.69) is 10.5 Å². The Morgan fingerprint density at radius 2 is 2.15 bits per heavy atom. The summed E-state index contributed by atoms with van der Waals surface area (Å²) in [6, 6.07) is 8.85. The third-order valence-electron chi connectivity index (χ3n) is 4.50. The molecular weight excluding hydrogens is 350 g/mol. The van der Waals surface area contributed by atoms with Gasteiger partial charge in [0.25, 0.3) is 5.91 Å². The second-order valence-corrected chi connectivity index (χ2v) is 6.99. The summed E-state index contributed by atoms with van der Waals surface area (Å²) in [5.74, 6) is -0.752. The topological polar surface area (TPSA) is 82.0 Å². The van der Waals surface area contributed by atoms with Gasteiger partial charge in [0, 0.05) is 12.5 Å². The summed E-state index contributed by atoms with van der Waals surface area (Å²) in [6.45, 7) is 2.33. The molecule has 1 heterocycles. The van der Waals surface area contributed by atoms with Crippen LogP contribution in [0.5, 0.6) is 0 Å². The van der Waals surface area contributed by atoms with Crippen LogP contribution >= 0.6 is 11.8 Å². The monoisotopic (exact) mass is 371 g/mol. The molecule has 2 aliphatic rings. The maximum absolute atomic E-state index is 13.0. The summed E-state index contributed by atoms with van der Waals surface area (Å²) in [4.78, 5) is 26.2. The number of amides is 2. The molecule has 1 aliphatic carbocycles. The molecule has 0 radical (unpaired) electrons. The summed E-state index contributed by atoms with van der Waals surface area (Å²) >= 11 is 1.27. The van der Waals surface area contributed by atoms with E-state index in [1.54, 1.807) is 24.3 Å². The average Bonchev–Trinajstić information content (AvgIpc) is 3.06. The van der Waals surface area contributed by atoms with Crippen LogP contribution in [0.1, 0.15) is 18.9 Å². The number of hydrazone groups is 1. The first-order valence-corrected chi connectivity index (χ1v) is 9.48. The lowest BCUT2D eigenvalue weighted by atomic mass is 9.77. The molecule has 6 nitrogen and oxygen atoms in total. The summed E-state index contributed by atoms with van der Waals surface area (Å²) < 4.78 is 0. The molecule has 0 bridgehead atoms. The van der Waals surface area contributed by atoms with Crippen molar-refractivity contribution < 1.29 is 14.7 Å². The van der Waals surface area contributed by atoms with Crippen molar-refractivity contribution in [3.8, 4) is 0 Å². The van der Waals surface area contributed by atoms with Crippen LogP contribution in [0, 0.1) is 5.92 Å². The van der Waals surface area contributed by atoms with Crippen molar-refractivity contribution >= 4 is 28.7 Å². The number of hydrogen-bond donors (Lipinski definition) is 2. The van der Waals surface area contributed by atoms with Crippen LogP contribution in [0.15, 0.2) is 59.7 Å². The van der Waals surface area contributed by atoms with Crippen molar-refractivity contribution in [1.82, 2.24) is 10.3 Å². The van der Waals surface area contributed by atoms with E-state index in [4.69, 9.17) is 0 Å². The Hall–Kier alpha value is -2.38. The lowest BCUT2D eigenvalue weighted by Gasteiger charge is -2.33. The number of amidine groups is 1. The number of carbonyl (C=O) groups is 2. The lowest BCUT2D eigenvalue weighted by Crippen LogP contribution is -2.48. The first kappa shape index (κ1) is 18.4. The molecule has 1 saturated heterocycles. The second kappa shape index (κ2) is 7.88. The molecule has 3 rings (SSSR count). The van der Waals surface area contributed by atoms with Crippen LogP contribution in [0.2, 0.25) is 0 Å². The molecule has 7 heteroatoms. The van der Waals surface area contributed by atoms with Crippen molar-refractivity contribution in [2.24, 2.45) is 11.0 Å². The van der Waals surface area contributed by atoms with Crippen LogP contribution in [0.25, 0.3) is 0 Å². The van der Waals surface area contributed by atoms with E-state index in [1.165, 1.54) is 16.7 Å². The molecule has 1 aliphatic heterocycles. The second-order valence-electron chi connectivity index (χ2n) is 6.05. The van der Waals surface area contributed by atoms with E-state index in [1.807, 2.05) is 37.3 Å². The number of nitrogens with one attached hydrogen (secondary N) is 1. The third kappa shape index (κ3) is 3.45.